The van der Waals surface area contributed by atoms with Crippen LogP contribution in [0.1, 0.15) is 52.4 Å². The Balaban J connectivity index is 2.04. The molecular formula is C15H26N4. The summed E-state index contributed by atoms with van der Waals surface area (Å²) in [4.78, 5) is 11.4. The average Bonchev–Trinajstić information content (AvgIpc) is 2.48. The number of anilines is 2. The second kappa shape index (κ2) is 7.31. The van der Waals surface area contributed by atoms with E-state index in [1.807, 2.05) is 12.3 Å². The fourth-order valence-corrected chi connectivity index (χ4v) is 2.70. The maximum absolute atomic E-state index is 4.67. The number of hydrogen-bond donors (Lipinski definition) is 1. The molecule has 1 saturated heterocycles. The summed E-state index contributed by atoms with van der Waals surface area (Å²) in [5, 5.41) is 3.31. The molecule has 1 aromatic rings. The Morgan fingerprint density at radius 2 is 2.26 bits per heavy atom. The normalized spacial score (nSPS) is 19.5. The summed E-state index contributed by atoms with van der Waals surface area (Å²) >= 11 is 0. The van der Waals surface area contributed by atoms with Crippen molar-refractivity contribution in [2.24, 2.45) is 0 Å². The second-order valence-electron chi connectivity index (χ2n) is 5.27. The van der Waals surface area contributed by atoms with Crippen molar-refractivity contribution in [1.29, 1.82) is 0 Å². The number of unbranched alkanes of at least 4 members (excludes halogenated alkanes) is 1. The van der Waals surface area contributed by atoms with Gasteiger partial charge in [0.15, 0.2) is 0 Å². The summed E-state index contributed by atoms with van der Waals surface area (Å²) in [5.74, 6) is 1.85. The molecule has 106 valence electrons. The van der Waals surface area contributed by atoms with Crippen molar-refractivity contribution in [2.75, 3.05) is 23.3 Å². The van der Waals surface area contributed by atoms with Crippen molar-refractivity contribution in [3.8, 4) is 0 Å². The molecule has 1 aromatic heterocycles. The standard InChI is InChI=1S/C15H26N4/c1-3-5-10-16-15-17-11-9-14(18-15)19-12-7-6-8-13(19)4-2/h9,11,13H,3-8,10,12H2,1-2H3,(H,16,17,18). The van der Waals surface area contributed by atoms with E-state index < -0.39 is 0 Å². The van der Waals surface area contributed by atoms with E-state index in [2.05, 4.69) is 34.0 Å². The number of rotatable bonds is 6. The van der Waals surface area contributed by atoms with Gasteiger partial charge in [0.1, 0.15) is 5.82 Å². The lowest BCUT2D eigenvalue weighted by Gasteiger charge is -2.36. The molecule has 19 heavy (non-hydrogen) atoms. The third kappa shape index (κ3) is 3.82. The second-order valence-corrected chi connectivity index (χ2v) is 5.27. The van der Waals surface area contributed by atoms with Gasteiger partial charge in [-0.25, -0.2) is 4.98 Å². The summed E-state index contributed by atoms with van der Waals surface area (Å²) in [6, 6.07) is 2.69. The van der Waals surface area contributed by atoms with Crippen LogP contribution < -0.4 is 10.2 Å². The third-order valence-corrected chi connectivity index (χ3v) is 3.85. The van der Waals surface area contributed by atoms with Crippen molar-refractivity contribution in [3.05, 3.63) is 12.3 Å². The molecule has 1 aliphatic rings. The van der Waals surface area contributed by atoms with E-state index in [0.29, 0.717) is 6.04 Å². The van der Waals surface area contributed by atoms with Gasteiger partial charge in [0.2, 0.25) is 5.95 Å². The van der Waals surface area contributed by atoms with Crippen molar-refractivity contribution in [1.82, 2.24) is 9.97 Å². The molecule has 4 heteroatoms. The van der Waals surface area contributed by atoms with Crippen molar-refractivity contribution in [3.63, 3.8) is 0 Å². The first-order chi connectivity index (χ1) is 9.35. The molecule has 0 bridgehead atoms. The number of hydrogen-bond acceptors (Lipinski definition) is 4. The molecule has 0 radical (unpaired) electrons. The predicted molar refractivity (Wildman–Crippen MR) is 80.7 cm³/mol. The van der Waals surface area contributed by atoms with Crippen LogP contribution in [0.15, 0.2) is 12.3 Å². The minimum Gasteiger partial charge on any atom is -0.354 e. The van der Waals surface area contributed by atoms with Crippen molar-refractivity contribution >= 4 is 11.8 Å². The van der Waals surface area contributed by atoms with Crippen LogP contribution in [-0.2, 0) is 0 Å². The fourth-order valence-electron chi connectivity index (χ4n) is 2.70. The summed E-state index contributed by atoms with van der Waals surface area (Å²) in [7, 11) is 0. The highest BCUT2D eigenvalue weighted by atomic mass is 15.2. The van der Waals surface area contributed by atoms with Crippen molar-refractivity contribution in [2.45, 2.75) is 58.4 Å². The maximum atomic E-state index is 4.67. The zero-order valence-electron chi connectivity index (χ0n) is 12.2. The molecule has 4 nitrogen and oxygen atoms in total. The average molecular weight is 262 g/mol. The van der Waals surface area contributed by atoms with Crippen LogP contribution in [0.25, 0.3) is 0 Å². The van der Waals surface area contributed by atoms with E-state index in [-0.39, 0.29) is 0 Å². The van der Waals surface area contributed by atoms with Crippen LogP contribution in [-0.4, -0.2) is 29.1 Å². The van der Waals surface area contributed by atoms with Crippen LogP contribution >= 0.6 is 0 Å². The highest BCUT2D eigenvalue weighted by molar-refractivity contribution is 5.43. The van der Waals surface area contributed by atoms with Gasteiger partial charge in [0.05, 0.1) is 0 Å². The van der Waals surface area contributed by atoms with Gasteiger partial charge < -0.3 is 10.2 Å². The van der Waals surface area contributed by atoms with Crippen molar-refractivity contribution < 1.29 is 0 Å². The molecule has 1 atom stereocenters. The van der Waals surface area contributed by atoms with Gasteiger partial charge in [-0.15, -0.1) is 0 Å². The van der Waals surface area contributed by atoms with Crippen LogP contribution in [0.3, 0.4) is 0 Å². The highest BCUT2D eigenvalue weighted by Crippen LogP contribution is 2.25. The Bertz CT molecular complexity index is 380. The lowest BCUT2D eigenvalue weighted by atomic mass is 10.0. The first kappa shape index (κ1) is 14.1. The highest BCUT2D eigenvalue weighted by Gasteiger charge is 2.22. The molecule has 1 N–H and O–H groups in total. The molecule has 0 aliphatic carbocycles. The topological polar surface area (TPSA) is 41.1 Å². The first-order valence-electron chi connectivity index (χ1n) is 7.68. The van der Waals surface area contributed by atoms with Crippen LogP contribution in [0, 0.1) is 0 Å². The Morgan fingerprint density at radius 3 is 3.05 bits per heavy atom. The SMILES string of the molecule is CCCCNc1nccc(N2CCCCC2CC)n1. The molecule has 1 aliphatic heterocycles. The summed E-state index contributed by atoms with van der Waals surface area (Å²) in [6.07, 6.45) is 9.34. The van der Waals surface area contributed by atoms with E-state index >= 15 is 0 Å². The quantitative estimate of drug-likeness (QED) is 0.797. The van der Waals surface area contributed by atoms with Gasteiger partial charge in [-0.3, -0.25) is 0 Å². The smallest absolute Gasteiger partial charge is 0.224 e. The molecule has 0 saturated carbocycles. The molecule has 0 amide bonds. The molecular weight excluding hydrogens is 236 g/mol. The lowest BCUT2D eigenvalue weighted by molar-refractivity contribution is 0.447. The predicted octanol–water partition coefficient (Wildman–Crippen LogP) is 3.46. The minimum atomic E-state index is 0.646. The van der Waals surface area contributed by atoms with Gasteiger partial charge in [0.25, 0.3) is 0 Å². The Morgan fingerprint density at radius 1 is 1.37 bits per heavy atom. The van der Waals surface area contributed by atoms with Crippen LogP contribution in [0.2, 0.25) is 0 Å². The van der Waals surface area contributed by atoms with Crippen LogP contribution in [0.4, 0.5) is 11.8 Å². The minimum absolute atomic E-state index is 0.646. The summed E-state index contributed by atoms with van der Waals surface area (Å²) < 4.78 is 0. The Hall–Kier alpha value is -1.32. The van der Waals surface area contributed by atoms with Gasteiger partial charge in [-0.05, 0) is 38.2 Å². The van der Waals surface area contributed by atoms with E-state index in [4.69, 9.17) is 0 Å². The molecule has 0 spiro atoms. The Kier molecular flexibility index (Phi) is 5.43. The first-order valence-corrected chi connectivity index (χ1v) is 7.68. The maximum Gasteiger partial charge on any atom is 0.224 e. The molecule has 1 fully saturated rings. The van der Waals surface area contributed by atoms with Gasteiger partial charge in [-0.1, -0.05) is 20.3 Å². The monoisotopic (exact) mass is 262 g/mol. The largest absolute Gasteiger partial charge is 0.354 e. The van der Waals surface area contributed by atoms with Gasteiger partial charge >= 0.3 is 0 Å². The van der Waals surface area contributed by atoms with E-state index in [9.17, 15) is 0 Å². The number of nitrogens with one attached hydrogen (secondary N) is 1. The zero-order valence-corrected chi connectivity index (χ0v) is 12.2. The summed E-state index contributed by atoms with van der Waals surface area (Å²) in [5.41, 5.74) is 0. The van der Waals surface area contributed by atoms with Gasteiger partial charge in [0, 0.05) is 25.3 Å². The number of piperidine rings is 1. The third-order valence-electron chi connectivity index (χ3n) is 3.85. The number of aromatic nitrogens is 2. The molecule has 1 unspecified atom stereocenters. The molecule has 2 rings (SSSR count). The molecule has 0 aromatic carbocycles. The number of nitrogens with zero attached hydrogens (tertiary/aromatic N) is 3. The fraction of sp³-hybridized carbons (Fsp3) is 0.733. The zero-order chi connectivity index (χ0) is 13.5. The summed E-state index contributed by atoms with van der Waals surface area (Å²) in [6.45, 7) is 6.55. The van der Waals surface area contributed by atoms with Crippen LogP contribution in [0.5, 0.6) is 0 Å². The van der Waals surface area contributed by atoms with Gasteiger partial charge in [-0.2, -0.15) is 4.98 Å². The lowest BCUT2D eigenvalue weighted by Crippen LogP contribution is -2.39. The van der Waals surface area contributed by atoms with E-state index in [0.717, 1.165) is 31.3 Å². The molecule has 2 heterocycles. The van der Waals surface area contributed by atoms with E-state index in [1.165, 1.54) is 32.1 Å². The Labute approximate surface area is 116 Å². The van der Waals surface area contributed by atoms with E-state index in [1.54, 1.807) is 0 Å².